The summed E-state index contributed by atoms with van der Waals surface area (Å²) >= 11 is 0. The van der Waals surface area contributed by atoms with Crippen LogP contribution in [-0.2, 0) is 14.3 Å². The molecule has 2 atom stereocenters. The Bertz CT molecular complexity index is 1110. The van der Waals surface area contributed by atoms with Gasteiger partial charge in [0.1, 0.15) is 0 Å². The van der Waals surface area contributed by atoms with Gasteiger partial charge in [0, 0.05) is 12.8 Å². The fraction of sp³-hybridized carbons (Fsp3) is 0.941. The standard InChI is InChI=1S/C68H133NO5/c1-3-5-7-9-11-13-15-16-39-42-46-50-54-58-62-68(73)74-63-59-55-51-47-43-40-37-35-33-31-29-27-25-23-21-19-17-18-20-22-24-26-28-30-32-34-36-38-41-45-49-53-57-61-67(72)69-65(64-70)66(71)60-56-52-48-44-14-12-10-8-6-4-2/h15-16,65-66,70-71H,3-14,17-64H2,1-2H3,(H,69,72)/b16-15-. The molecule has 440 valence electrons. The Morgan fingerprint density at radius 2 is 0.635 bits per heavy atom. The van der Waals surface area contributed by atoms with Crippen LogP contribution in [0.2, 0.25) is 0 Å². The lowest BCUT2D eigenvalue weighted by Gasteiger charge is -2.22. The second-order valence-electron chi connectivity index (χ2n) is 23.5. The molecule has 0 aromatic carbocycles. The smallest absolute Gasteiger partial charge is 0.305 e. The number of ether oxygens (including phenoxy) is 1. The maximum Gasteiger partial charge on any atom is 0.305 e. The van der Waals surface area contributed by atoms with Crippen molar-refractivity contribution in [1.82, 2.24) is 5.32 Å². The molecule has 6 nitrogen and oxygen atoms in total. The molecule has 0 saturated heterocycles. The Morgan fingerprint density at radius 3 is 0.959 bits per heavy atom. The maximum absolute atomic E-state index is 12.4. The molecule has 2 unspecified atom stereocenters. The minimum Gasteiger partial charge on any atom is -0.466 e. The van der Waals surface area contributed by atoms with Crippen molar-refractivity contribution in [3.05, 3.63) is 12.2 Å². The van der Waals surface area contributed by atoms with Gasteiger partial charge in [0.2, 0.25) is 5.91 Å². The van der Waals surface area contributed by atoms with E-state index in [2.05, 4.69) is 31.3 Å². The molecule has 0 radical (unpaired) electrons. The van der Waals surface area contributed by atoms with Crippen LogP contribution in [0.25, 0.3) is 0 Å². The molecule has 0 aliphatic rings. The first kappa shape index (κ1) is 72.6. The Kier molecular flexibility index (Phi) is 62.9. The zero-order chi connectivity index (χ0) is 53.6. The van der Waals surface area contributed by atoms with Crippen LogP contribution in [0, 0.1) is 0 Å². The summed E-state index contributed by atoms with van der Waals surface area (Å²) < 4.78 is 5.49. The largest absolute Gasteiger partial charge is 0.466 e. The molecule has 0 spiro atoms. The molecular weight excluding hydrogens is 911 g/mol. The minimum absolute atomic E-state index is 0.0137. The van der Waals surface area contributed by atoms with Crippen LogP contribution >= 0.6 is 0 Å². The van der Waals surface area contributed by atoms with Gasteiger partial charge < -0.3 is 20.3 Å². The molecule has 0 aromatic heterocycles. The number of aliphatic hydroxyl groups is 2. The quantitative estimate of drug-likeness (QED) is 0.0320. The van der Waals surface area contributed by atoms with Crippen molar-refractivity contribution in [3.8, 4) is 0 Å². The van der Waals surface area contributed by atoms with Gasteiger partial charge >= 0.3 is 5.97 Å². The number of hydrogen-bond donors (Lipinski definition) is 3. The minimum atomic E-state index is -0.658. The summed E-state index contributed by atoms with van der Waals surface area (Å²) in [5.74, 6) is -0.0161. The SMILES string of the molecule is CCCCCCC/C=C\CCCCCCCC(=O)OCCCCCCCCCCCCCCCCCCCCCCCCCCCCCCCCCCCC(=O)NC(CO)C(O)CCCCCCCCCCCC. The summed E-state index contributed by atoms with van der Waals surface area (Å²) in [6, 6.07) is -0.535. The van der Waals surface area contributed by atoms with Crippen molar-refractivity contribution in [2.75, 3.05) is 13.2 Å². The molecular formula is C68H133NO5. The van der Waals surface area contributed by atoms with Crippen molar-refractivity contribution < 1.29 is 24.5 Å². The van der Waals surface area contributed by atoms with E-state index in [1.54, 1.807) is 0 Å². The first-order valence-corrected chi connectivity index (χ1v) is 33.9. The number of rotatable bonds is 64. The molecule has 0 bridgehead atoms. The number of hydrogen-bond acceptors (Lipinski definition) is 5. The van der Waals surface area contributed by atoms with Crippen molar-refractivity contribution in [1.29, 1.82) is 0 Å². The van der Waals surface area contributed by atoms with Gasteiger partial charge in [0.05, 0.1) is 25.4 Å². The second kappa shape index (κ2) is 64.1. The van der Waals surface area contributed by atoms with Gasteiger partial charge in [-0.3, -0.25) is 9.59 Å². The molecule has 0 saturated carbocycles. The number of carbonyl (C=O) groups excluding carboxylic acids is 2. The summed E-state index contributed by atoms with van der Waals surface area (Å²) in [7, 11) is 0. The normalized spacial score (nSPS) is 12.5. The van der Waals surface area contributed by atoms with Gasteiger partial charge in [0.15, 0.2) is 0 Å². The Balaban J connectivity index is 3.28. The molecule has 0 aliphatic carbocycles. The van der Waals surface area contributed by atoms with Gasteiger partial charge in [-0.2, -0.15) is 0 Å². The van der Waals surface area contributed by atoms with Crippen molar-refractivity contribution >= 4 is 11.9 Å². The molecule has 3 N–H and O–H groups in total. The van der Waals surface area contributed by atoms with Crippen LogP contribution in [0.3, 0.4) is 0 Å². The summed E-state index contributed by atoms with van der Waals surface area (Å²) in [6.45, 7) is 4.96. The Hall–Kier alpha value is -1.40. The van der Waals surface area contributed by atoms with E-state index in [-0.39, 0.29) is 18.5 Å². The summed E-state index contributed by atoms with van der Waals surface area (Å²) in [4.78, 5) is 24.5. The van der Waals surface area contributed by atoms with Gasteiger partial charge in [-0.15, -0.1) is 0 Å². The highest BCUT2D eigenvalue weighted by Crippen LogP contribution is 2.19. The Morgan fingerprint density at radius 1 is 0.365 bits per heavy atom. The monoisotopic (exact) mass is 1040 g/mol. The van der Waals surface area contributed by atoms with E-state index in [0.29, 0.717) is 25.9 Å². The number of esters is 1. The van der Waals surface area contributed by atoms with Crippen molar-refractivity contribution in [2.45, 2.75) is 398 Å². The zero-order valence-electron chi connectivity index (χ0n) is 50.4. The highest BCUT2D eigenvalue weighted by Gasteiger charge is 2.20. The average Bonchev–Trinajstić information content (AvgIpc) is 3.40. The number of carbonyl (C=O) groups is 2. The van der Waals surface area contributed by atoms with E-state index in [1.807, 2.05) is 0 Å². The average molecular weight is 1040 g/mol. The highest BCUT2D eigenvalue weighted by molar-refractivity contribution is 5.76. The molecule has 0 aromatic rings. The maximum atomic E-state index is 12.4. The van der Waals surface area contributed by atoms with E-state index in [4.69, 9.17) is 4.74 Å². The van der Waals surface area contributed by atoms with Crippen LogP contribution in [0.4, 0.5) is 0 Å². The lowest BCUT2D eigenvalue weighted by Crippen LogP contribution is -2.45. The summed E-state index contributed by atoms with van der Waals surface area (Å²) in [5.41, 5.74) is 0. The number of nitrogens with one attached hydrogen (secondary N) is 1. The molecule has 0 rings (SSSR count). The predicted molar refractivity (Wildman–Crippen MR) is 324 cm³/mol. The molecule has 0 aliphatic heterocycles. The zero-order valence-corrected chi connectivity index (χ0v) is 50.4. The van der Waals surface area contributed by atoms with Gasteiger partial charge in [-0.25, -0.2) is 0 Å². The van der Waals surface area contributed by atoms with Crippen molar-refractivity contribution in [3.63, 3.8) is 0 Å². The number of allylic oxidation sites excluding steroid dienone is 2. The number of unbranched alkanes of at least 4 members (excludes halogenated alkanes) is 51. The third-order valence-electron chi connectivity index (χ3n) is 16.1. The molecule has 6 heteroatoms. The van der Waals surface area contributed by atoms with E-state index in [0.717, 1.165) is 44.9 Å². The number of aliphatic hydroxyl groups excluding tert-OH is 2. The fourth-order valence-corrected chi connectivity index (χ4v) is 10.9. The van der Waals surface area contributed by atoms with E-state index in [9.17, 15) is 19.8 Å². The first-order valence-electron chi connectivity index (χ1n) is 33.9. The van der Waals surface area contributed by atoms with Crippen molar-refractivity contribution in [2.24, 2.45) is 0 Å². The lowest BCUT2D eigenvalue weighted by atomic mass is 10.0. The van der Waals surface area contributed by atoms with Crippen LogP contribution in [0.1, 0.15) is 386 Å². The van der Waals surface area contributed by atoms with E-state index < -0.39 is 12.1 Å². The molecule has 0 fully saturated rings. The van der Waals surface area contributed by atoms with E-state index >= 15 is 0 Å². The fourth-order valence-electron chi connectivity index (χ4n) is 10.9. The molecule has 0 heterocycles. The molecule has 74 heavy (non-hydrogen) atoms. The third kappa shape index (κ3) is 59.8. The highest BCUT2D eigenvalue weighted by atomic mass is 16.5. The predicted octanol–water partition coefficient (Wildman–Crippen LogP) is 21.6. The van der Waals surface area contributed by atoms with Gasteiger partial charge in [-0.1, -0.05) is 334 Å². The van der Waals surface area contributed by atoms with Gasteiger partial charge in [0.25, 0.3) is 0 Å². The van der Waals surface area contributed by atoms with Gasteiger partial charge in [-0.05, 0) is 51.4 Å². The van der Waals surface area contributed by atoms with E-state index in [1.165, 1.54) is 308 Å². The van der Waals surface area contributed by atoms with Crippen LogP contribution in [-0.4, -0.2) is 47.4 Å². The van der Waals surface area contributed by atoms with Crippen LogP contribution < -0.4 is 5.32 Å². The second-order valence-corrected chi connectivity index (χ2v) is 23.5. The third-order valence-corrected chi connectivity index (χ3v) is 16.1. The summed E-state index contributed by atoms with van der Waals surface area (Å²) in [6.07, 6.45) is 78.4. The molecule has 1 amide bonds. The van der Waals surface area contributed by atoms with Crippen LogP contribution in [0.15, 0.2) is 12.2 Å². The number of amides is 1. The topological polar surface area (TPSA) is 95.9 Å². The first-order chi connectivity index (χ1) is 36.5. The van der Waals surface area contributed by atoms with Crippen LogP contribution in [0.5, 0.6) is 0 Å². The lowest BCUT2D eigenvalue weighted by molar-refractivity contribution is -0.143. The summed E-state index contributed by atoms with van der Waals surface area (Å²) in [5, 5.41) is 23.2. The Labute approximate surface area is 463 Å².